The Bertz CT molecular complexity index is 1260. The fraction of sp³-hybridized carbons (Fsp3) is 0. The van der Waals surface area contributed by atoms with Gasteiger partial charge in [-0.25, -0.2) is 4.39 Å². The summed E-state index contributed by atoms with van der Waals surface area (Å²) in [6, 6.07) is 14.6. The van der Waals surface area contributed by atoms with E-state index in [-0.39, 0.29) is 17.1 Å². The summed E-state index contributed by atoms with van der Waals surface area (Å²) in [5.74, 6) is -0.867. The van der Waals surface area contributed by atoms with E-state index in [0.29, 0.717) is 26.9 Å². The van der Waals surface area contributed by atoms with Crippen LogP contribution in [-0.4, -0.2) is 25.8 Å². The van der Waals surface area contributed by atoms with Crippen molar-refractivity contribution in [1.82, 2.24) is 15.0 Å². The first kappa shape index (κ1) is 18.7. The van der Waals surface area contributed by atoms with Crippen molar-refractivity contribution in [2.75, 3.05) is 5.32 Å². The summed E-state index contributed by atoms with van der Waals surface area (Å²) >= 11 is 3.23. The normalized spacial score (nSPS) is 10.8. The maximum Gasteiger partial charge on any atom is 0.270 e. The number of rotatable bonds is 4. The summed E-state index contributed by atoms with van der Waals surface area (Å²) in [5.41, 5.74) is 2.10. The Morgan fingerprint density at radius 3 is 2.48 bits per heavy atom. The number of carbonyl (C=O) groups excluding carboxylic acids is 1. The first-order chi connectivity index (χ1) is 13.9. The van der Waals surface area contributed by atoms with Crippen molar-refractivity contribution in [3.8, 4) is 5.69 Å². The number of benzene rings is 3. The van der Waals surface area contributed by atoms with Crippen LogP contribution in [0.5, 0.6) is 0 Å². The molecule has 144 valence electrons. The Morgan fingerprint density at radius 2 is 1.76 bits per heavy atom. The summed E-state index contributed by atoms with van der Waals surface area (Å²) in [5, 5.41) is 22.3. The number of nitrogens with zero attached hydrogens (tertiary/aromatic N) is 4. The van der Waals surface area contributed by atoms with Crippen molar-refractivity contribution in [2.45, 2.75) is 0 Å². The molecular formula is C19H11BrFN5O3. The van der Waals surface area contributed by atoms with Crippen molar-refractivity contribution in [3.63, 3.8) is 0 Å². The van der Waals surface area contributed by atoms with E-state index in [4.69, 9.17) is 0 Å². The van der Waals surface area contributed by atoms with Gasteiger partial charge in [0.05, 0.1) is 16.2 Å². The summed E-state index contributed by atoms with van der Waals surface area (Å²) in [7, 11) is 0. The predicted molar refractivity (Wildman–Crippen MR) is 108 cm³/mol. The van der Waals surface area contributed by atoms with E-state index < -0.39 is 10.8 Å². The van der Waals surface area contributed by atoms with Gasteiger partial charge in [-0.1, -0.05) is 0 Å². The third-order valence-corrected chi connectivity index (χ3v) is 4.79. The van der Waals surface area contributed by atoms with Crippen LogP contribution in [0, 0.1) is 15.9 Å². The molecule has 1 heterocycles. The zero-order valence-electron chi connectivity index (χ0n) is 14.5. The van der Waals surface area contributed by atoms with Gasteiger partial charge < -0.3 is 5.32 Å². The van der Waals surface area contributed by atoms with E-state index in [1.54, 1.807) is 30.3 Å². The summed E-state index contributed by atoms with van der Waals surface area (Å²) in [6.45, 7) is 0. The Morgan fingerprint density at radius 1 is 1.03 bits per heavy atom. The van der Waals surface area contributed by atoms with E-state index in [1.807, 2.05) is 0 Å². The number of halogens is 2. The lowest BCUT2D eigenvalue weighted by Gasteiger charge is -2.06. The van der Waals surface area contributed by atoms with Crippen LogP contribution in [0.3, 0.4) is 0 Å². The molecule has 0 radical (unpaired) electrons. The zero-order valence-corrected chi connectivity index (χ0v) is 16.1. The van der Waals surface area contributed by atoms with Crippen LogP contribution >= 0.6 is 15.9 Å². The molecule has 0 fully saturated rings. The van der Waals surface area contributed by atoms with Crippen LogP contribution in [0.1, 0.15) is 10.4 Å². The van der Waals surface area contributed by atoms with E-state index in [2.05, 4.69) is 31.4 Å². The molecule has 29 heavy (non-hydrogen) atoms. The molecule has 0 bridgehead atoms. The minimum absolute atomic E-state index is 0.134. The highest BCUT2D eigenvalue weighted by Gasteiger charge is 2.16. The lowest BCUT2D eigenvalue weighted by molar-refractivity contribution is -0.384. The second kappa shape index (κ2) is 7.40. The number of hydrogen-bond donors (Lipinski definition) is 1. The highest BCUT2D eigenvalue weighted by molar-refractivity contribution is 9.10. The number of nitro benzene ring substituents is 1. The van der Waals surface area contributed by atoms with E-state index in [1.165, 1.54) is 35.1 Å². The number of nitrogens with one attached hydrogen (secondary N) is 1. The van der Waals surface area contributed by atoms with Gasteiger partial charge in [-0.05, 0) is 64.5 Å². The number of carbonyl (C=O) groups is 1. The number of nitro groups is 1. The lowest BCUT2D eigenvalue weighted by atomic mass is 10.2. The predicted octanol–water partition coefficient (Wildman–Crippen LogP) is 4.48. The van der Waals surface area contributed by atoms with Crippen LogP contribution in [0.25, 0.3) is 16.7 Å². The molecule has 0 unspecified atom stereocenters. The van der Waals surface area contributed by atoms with Gasteiger partial charge in [0.25, 0.3) is 11.6 Å². The molecule has 3 aromatic carbocycles. The third kappa shape index (κ3) is 3.83. The van der Waals surface area contributed by atoms with Gasteiger partial charge >= 0.3 is 0 Å². The molecule has 0 saturated heterocycles. The van der Waals surface area contributed by atoms with Gasteiger partial charge in [0.2, 0.25) is 0 Å². The van der Waals surface area contributed by atoms with Crippen LogP contribution in [0.4, 0.5) is 15.8 Å². The van der Waals surface area contributed by atoms with Gasteiger partial charge in [0, 0.05) is 22.3 Å². The maximum absolute atomic E-state index is 13.1. The minimum atomic E-state index is -0.566. The second-order valence-electron chi connectivity index (χ2n) is 6.04. The molecule has 1 amide bonds. The summed E-state index contributed by atoms with van der Waals surface area (Å²) in [4.78, 5) is 24.3. The molecule has 0 aliphatic rings. The fourth-order valence-corrected chi connectivity index (χ4v) is 3.11. The van der Waals surface area contributed by atoms with Crippen LogP contribution in [0.15, 0.2) is 65.1 Å². The SMILES string of the molecule is O=C(Nc1ccc2nn(-c3ccc(F)cc3)nc2c1)c1cc([N+](=O)[O-])ccc1Br. The van der Waals surface area contributed by atoms with Crippen LogP contribution in [-0.2, 0) is 0 Å². The smallest absolute Gasteiger partial charge is 0.270 e. The first-order valence-electron chi connectivity index (χ1n) is 8.29. The topological polar surface area (TPSA) is 103 Å². The minimum Gasteiger partial charge on any atom is -0.322 e. The molecule has 0 atom stereocenters. The number of anilines is 1. The van der Waals surface area contributed by atoms with Gasteiger partial charge in [0.15, 0.2) is 0 Å². The van der Waals surface area contributed by atoms with Crippen molar-refractivity contribution in [1.29, 1.82) is 0 Å². The monoisotopic (exact) mass is 455 g/mol. The molecule has 4 rings (SSSR count). The Hall–Kier alpha value is -3.66. The molecule has 0 aliphatic heterocycles. The largest absolute Gasteiger partial charge is 0.322 e. The van der Waals surface area contributed by atoms with Crippen molar-refractivity contribution in [3.05, 3.63) is 86.6 Å². The van der Waals surface area contributed by atoms with E-state index in [9.17, 15) is 19.3 Å². The second-order valence-corrected chi connectivity index (χ2v) is 6.90. The standard InChI is InChI=1S/C19H11BrFN5O3/c20-16-7-6-14(26(28)29)10-15(16)19(27)22-12-3-8-17-18(9-12)24-25(23-17)13-4-1-11(21)2-5-13/h1-10H,(H,22,27). The first-order valence-corrected chi connectivity index (χ1v) is 9.08. The highest BCUT2D eigenvalue weighted by atomic mass is 79.9. The quantitative estimate of drug-likeness (QED) is 0.360. The molecule has 8 nitrogen and oxygen atoms in total. The van der Waals surface area contributed by atoms with Crippen molar-refractivity contribution >= 4 is 44.2 Å². The summed E-state index contributed by atoms with van der Waals surface area (Å²) in [6.07, 6.45) is 0. The van der Waals surface area contributed by atoms with Crippen LogP contribution in [0.2, 0.25) is 0 Å². The van der Waals surface area contributed by atoms with Crippen LogP contribution < -0.4 is 5.32 Å². The maximum atomic E-state index is 13.1. The van der Waals surface area contributed by atoms with Crippen molar-refractivity contribution < 1.29 is 14.1 Å². The average Bonchev–Trinajstić information content (AvgIpc) is 3.12. The molecule has 10 heteroatoms. The third-order valence-electron chi connectivity index (χ3n) is 4.10. The Kier molecular flexibility index (Phi) is 4.77. The number of non-ortho nitro benzene ring substituents is 1. The molecular weight excluding hydrogens is 445 g/mol. The Labute approximate surface area is 171 Å². The molecule has 1 aromatic heterocycles. The molecule has 0 aliphatic carbocycles. The highest BCUT2D eigenvalue weighted by Crippen LogP contribution is 2.24. The average molecular weight is 456 g/mol. The Balaban J connectivity index is 1.62. The number of amides is 1. The van der Waals surface area contributed by atoms with Crippen molar-refractivity contribution in [2.24, 2.45) is 0 Å². The number of fused-ring (bicyclic) bond motifs is 1. The van der Waals surface area contributed by atoms with Gasteiger partial charge in [-0.15, -0.1) is 10.2 Å². The molecule has 0 saturated carbocycles. The van der Waals surface area contributed by atoms with Gasteiger partial charge in [-0.2, -0.15) is 4.80 Å². The van der Waals surface area contributed by atoms with E-state index >= 15 is 0 Å². The lowest BCUT2D eigenvalue weighted by Crippen LogP contribution is -2.12. The van der Waals surface area contributed by atoms with Gasteiger partial charge in [-0.3, -0.25) is 14.9 Å². The zero-order chi connectivity index (χ0) is 20.5. The van der Waals surface area contributed by atoms with E-state index in [0.717, 1.165) is 0 Å². The summed E-state index contributed by atoms with van der Waals surface area (Å²) < 4.78 is 13.5. The molecule has 4 aromatic rings. The fourth-order valence-electron chi connectivity index (χ4n) is 2.68. The number of aromatic nitrogens is 3. The molecule has 0 spiro atoms. The number of hydrogen-bond acceptors (Lipinski definition) is 5. The van der Waals surface area contributed by atoms with Gasteiger partial charge in [0.1, 0.15) is 16.9 Å². The molecule has 1 N–H and O–H groups in total.